The number of nitrogens with one attached hydrogen (secondary N) is 1. The molecule has 1 aromatic carbocycles. The third-order valence-corrected chi connectivity index (χ3v) is 3.18. The van der Waals surface area contributed by atoms with Crippen molar-refractivity contribution in [1.82, 2.24) is 10.3 Å². The highest BCUT2D eigenvalue weighted by atomic mass is 32.1. The Morgan fingerprint density at radius 3 is 2.82 bits per heavy atom. The maximum atomic E-state index is 5.25. The van der Waals surface area contributed by atoms with E-state index < -0.39 is 0 Å². The highest BCUT2D eigenvalue weighted by Gasteiger charge is 2.10. The molecule has 0 fully saturated rings. The van der Waals surface area contributed by atoms with E-state index in [0.29, 0.717) is 6.61 Å². The normalized spacial score (nSPS) is 12.5. The molecule has 17 heavy (non-hydrogen) atoms. The molecule has 1 unspecified atom stereocenters. The van der Waals surface area contributed by atoms with Crippen molar-refractivity contribution in [3.63, 3.8) is 0 Å². The summed E-state index contributed by atoms with van der Waals surface area (Å²) in [6.07, 6.45) is 0. The lowest BCUT2D eigenvalue weighted by molar-refractivity contribution is 0.166. The molecule has 0 spiro atoms. The van der Waals surface area contributed by atoms with Crippen LogP contribution < -0.4 is 5.32 Å². The van der Waals surface area contributed by atoms with Crippen molar-refractivity contribution >= 4 is 11.3 Å². The predicted molar refractivity (Wildman–Crippen MR) is 70.0 cm³/mol. The smallest absolute Gasteiger partial charge is 0.0795 e. The molecule has 0 saturated carbocycles. The quantitative estimate of drug-likeness (QED) is 0.853. The third kappa shape index (κ3) is 3.63. The molecule has 0 amide bonds. The minimum absolute atomic E-state index is 0.211. The van der Waals surface area contributed by atoms with Gasteiger partial charge in [-0.25, -0.2) is 4.98 Å². The number of ether oxygens (including phenoxy) is 1. The Bertz CT molecular complexity index is 416. The molecular weight excluding hydrogens is 232 g/mol. The lowest BCUT2D eigenvalue weighted by Crippen LogP contribution is -2.24. The number of nitrogens with zero attached hydrogens (tertiary/aromatic N) is 1. The lowest BCUT2D eigenvalue weighted by atomic mass is 10.1. The third-order valence-electron chi connectivity index (χ3n) is 2.55. The average molecular weight is 248 g/mol. The van der Waals surface area contributed by atoms with Crippen molar-refractivity contribution in [1.29, 1.82) is 0 Å². The van der Waals surface area contributed by atoms with Gasteiger partial charge < -0.3 is 10.1 Å². The van der Waals surface area contributed by atoms with E-state index >= 15 is 0 Å². The van der Waals surface area contributed by atoms with Crippen LogP contribution in [0.2, 0.25) is 0 Å². The Labute approximate surface area is 105 Å². The van der Waals surface area contributed by atoms with Gasteiger partial charge in [0.2, 0.25) is 0 Å². The van der Waals surface area contributed by atoms with E-state index in [1.54, 1.807) is 18.4 Å². The van der Waals surface area contributed by atoms with E-state index in [-0.39, 0.29) is 6.04 Å². The Hall–Kier alpha value is -1.23. The minimum atomic E-state index is 0.211. The Balaban J connectivity index is 1.98. The second-order valence-electron chi connectivity index (χ2n) is 3.78. The maximum absolute atomic E-state index is 5.25. The first kappa shape index (κ1) is 12.2. The fraction of sp³-hybridized carbons (Fsp3) is 0.308. The molecule has 0 aliphatic rings. The van der Waals surface area contributed by atoms with Gasteiger partial charge in [-0.05, 0) is 5.56 Å². The number of methoxy groups -OCH3 is 1. The molecule has 2 aromatic rings. The van der Waals surface area contributed by atoms with E-state index in [2.05, 4.69) is 27.8 Å². The van der Waals surface area contributed by atoms with Crippen LogP contribution >= 0.6 is 11.3 Å². The van der Waals surface area contributed by atoms with Gasteiger partial charge in [0.15, 0.2) is 0 Å². The number of aromatic nitrogens is 1. The first-order valence-corrected chi connectivity index (χ1v) is 6.49. The zero-order valence-electron chi connectivity index (χ0n) is 9.80. The molecule has 1 aromatic heterocycles. The van der Waals surface area contributed by atoms with Crippen molar-refractivity contribution in [2.45, 2.75) is 12.6 Å². The standard InChI is InChI=1S/C13H16N2OS/c1-16-8-13(11-5-3-2-4-6-11)14-7-12-9-17-10-15-12/h2-6,9-10,13-14H,7-8H2,1H3. The van der Waals surface area contributed by atoms with Crippen molar-refractivity contribution in [2.75, 3.05) is 13.7 Å². The van der Waals surface area contributed by atoms with Gasteiger partial charge in [0.05, 0.1) is 23.9 Å². The van der Waals surface area contributed by atoms with Crippen LogP contribution in [0, 0.1) is 0 Å². The molecule has 0 saturated heterocycles. The Morgan fingerprint density at radius 1 is 1.35 bits per heavy atom. The van der Waals surface area contributed by atoms with Crippen LogP contribution in [0.4, 0.5) is 0 Å². The zero-order valence-corrected chi connectivity index (χ0v) is 10.6. The second kappa shape index (κ2) is 6.49. The molecular formula is C13H16N2OS. The van der Waals surface area contributed by atoms with Crippen LogP contribution in [0.1, 0.15) is 17.3 Å². The molecule has 4 heteroatoms. The summed E-state index contributed by atoms with van der Waals surface area (Å²) >= 11 is 1.62. The molecule has 1 heterocycles. The van der Waals surface area contributed by atoms with E-state index in [0.717, 1.165) is 12.2 Å². The summed E-state index contributed by atoms with van der Waals surface area (Å²) in [4.78, 5) is 4.26. The summed E-state index contributed by atoms with van der Waals surface area (Å²) in [6.45, 7) is 1.43. The maximum Gasteiger partial charge on any atom is 0.0795 e. The second-order valence-corrected chi connectivity index (χ2v) is 4.50. The highest BCUT2D eigenvalue weighted by Crippen LogP contribution is 2.13. The molecule has 0 bridgehead atoms. The molecule has 1 N–H and O–H groups in total. The van der Waals surface area contributed by atoms with Crippen LogP contribution in [-0.2, 0) is 11.3 Å². The molecule has 90 valence electrons. The van der Waals surface area contributed by atoms with Gasteiger partial charge in [0.25, 0.3) is 0 Å². The van der Waals surface area contributed by atoms with Crippen molar-refractivity contribution in [2.24, 2.45) is 0 Å². The lowest BCUT2D eigenvalue weighted by Gasteiger charge is -2.17. The topological polar surface area (TPSA) is 34.1 Å². The van der Waals surface area contributed by atoms with Gasteiger partial charge >= 0.3 is 0 Å². The highest BCUT2D eigenvalue weighted by molar-refractivity contribution is 7.07. The predicted octanol–water partition coefficient (Wildman–Crippen LogP) is 2.62. The first-order chi connectivity index (χ1) is 8.40. The number of hydrogen-bond acceptors (Lipinski definition) is 4. The molecule has 1 atom stereocenters. The van der Waals surface area contributed by atoms with E-state index in [4.69, 9.17) is 4.74 Å². The van der Waals surface area contributed by atoms with Gasteiger partial charge in [-0.1, -0.05) is 30.3 Å². The average Bonchev–Trinajstić information content (AvgIpc) is 2.88. The van der Waals surface area contributed by atoms with Crippen molar-refractivity contribution in [3.8, 4) is 0 Å². The minimum Gasteiger partial charge on any atom is -0.383 e. The molecule has 3 nitrogen and oxygen atoms in total. The largest absolute Gasteiger partial charge is 0.383 e. The molecule has 2 rings (SSSR count). The van der Waals surface area contributed by atoms with Crippen LogP contribution in [-0.4, -0.2) is 18.7 Å². The van der Waals surface area contributed by atoms with E-state index in [1.807, 2.05) is 23.7 Å². The van der Waals surface area contributed by atoms with Crippen LogP contribution in [0.5, 0.6) is 0 Å². The summed E-state index contributed by atoms with van der Waals surface area (Å²) in [5, 5.41) is 5.52. The van der Waals surface area contributed by atoms with Gasteiger partial charge in [0, 0.05) is 19.0 Å². The SMILES string of the molecule is COCC(NCc1cscn1)c1ccccc1. The summed E-state index contributed by atoms with van der Waals surface area (Å²) in [6, 6.07) is 10.5. The summed E-state index contributed by atoms with van der Waals surface area (Å²) in [5.74, 6) is 0. The summed E-state index contributed by atoms with van der Waals surface area (Å²) in [5.41, 5.74) is 4.17. The van der Waals surface area contributed by atoms with Gasteiger partial charge in [-0.3, -0.25) is 0 Å². The molecule has 0 aliphatic heterocycles. The Kier molecular flexibility index (Phi) is 4.67. The number of benzene rings is 1. The molecule has 0 radical (unpaired) electrons. The van der Waals surface area contributed by atoms with Crippen LogP contribution in [0.15, 0.2) is 41.2 Å². The van der Waals surface area contributed by atoms with Crippen molar-refractivity contribution in [3.05, 3.63) is 52.5 Å². The van der Waals surface area contributed by atoms with E-state index in [9.17, 15) is 0 Å². The van der Waals surface area contributed by atoms with Crippen LogP contribution in [0.25, 0.3) is 0 Å². The fourth-order valence-electron chi connectivity index (χ4n) is 1.68. The number of hydrogen-bond donors (Lipinski definition) is 1. The fourth-order valence-corrected chi connectivity index (χ4v) is 2.24. The van der Waals surface area contributed by atoms with Gasteiger partial charge in [0.1, 0.15) is 0 Å². The van der Waals surface area contributed by atoms with Crippen molar-refractivity contribution < 1.29 is 4.74 Å². The number of thiazole rings is 1. The van der Waals surface area contributed by atoms with Gasteiger partial charge in [-0.2, -0.15) is 0 Å². The Morgan fingerprint density at radius 2 is 2.18 bits per heavy atom. The van der Waals surface area contributed by atoms with E-state index in [1.165, 1.54) is 5.56 Å². The first-order valence-electron chi connectivity index (χ1n) is 5.54. The van der Waals surface area contributed by atoms with Crippen LogP contribution in [0.3, 0.4) is 0 Å². The summed E-state index contributed by atoms with van der Waals surface area (Å²) < 4.78 is 5.25. The van der Waals surface area contributed by atoms with Gasteiger partial charge in [-0.15, -0.1) is 11.3 Å². The monoisotopic (exact) mass is 248 g/mol. The zero-order chi connectivity index (χ0) is 11.9. The number of rotatable bonds is 6. The molecule has 0 aliphatic carbocycles. The summed E-state index contributed by atoms with van der Waals surface area (Å²) in [7, 11) is 1.72.